The van der Waals surface area contributed by atoms with Crippen LogP contribution in [0, 0.1) is 0 Å². The molecule has 0 amide bonds. The molecule has 3 rings (SSSR count). The van der Waals surface area contributed by atoms with Crippen molar-refractivity contribution in [3.63, 3.8) is 0 Å². The first-order valence-electron chi connectivity index (χ1n) is 10.4. The first kappa shape index (κ1) is 25.6. The van der Waals surface area contributed by atoms with Crippen LogP contribution in [0.2, 0.25) is 0 Å². The summed E-state index contributed by atoms with van der Waals surface area (Å²) >= 11 is 0. The van der Waals surface area contributed by atoms with Crippen LogP contribution in [0.5, 0.6) is 17.2 Å². The van der Waals surface area contributed by atoms with E-state index in [0.29, 0.717) is 22.9 Å². The van der Waals surface area contributed by atoms with Gasteiger partial charge in [0.25, 0.3) is 10.0 Å². The summed E-state index contributed by atoms with van der Waals surface area (Å²) in [5, 5.41) is 0. The minimum atomic E-state index is -3.92. The SMILES string of the molecule is COc1ccc(C(=O)COC(=O)c2ccc(S(=O)(=O)N(C)c3ccccc3OC)cc2)cc1OC. The first-order valence-corrected chi connectivity index (χ1v) is 11.8. The number of Topliss-reactive ketones (excluding diaryl/α,β-unsaturated/α-hetero) is 1. The maximum absolute atomic E-state index is 13.0. The molecule has 0 aliphatic rings. The molecule has 184 valence electrons. The molecule has 0 aromatic heterocycles. The highest BCUT2D eigenvalue weighted by Gasteiger charge is 2.24. The number of rotatable bonds is 10. The Balaban J connectivity index is 1.69. The Bertz CT molecular complexity index is 1320. The Hall–Kier alpha value is -4.05. The fraction of sp³-hybridized carbons (Fsp3) is 0.200. The lowest BCUT2D eigenvalue weighted by atomic mass is 10.1. The summed E-state index contributed by atoms with van der Waals surface area (Å²) in [5.41, 5.74) is 0.757. The van der Waals surface area contributed by atoms with Crippen LogP contribution in [-0.4, -0.2) is 55.2 Å². The van der Waals surface area contributed by atoms with Gasteiger partial charge in [-0.15, -0.1) is 0 Å². The van der Waals surface area contributed by atoms with E-state index in [-0.39, 0.29) is 16.0 Å². The number of hydrogen-bond donors (Lipinski definition) is 0. The van der Waals surface area contributed by atoms with E-state index in [4.69, 9.17) is 18.9 Å². The van der Waals surface area contributed by atoms with Crippen molar-refractivity contribution in [1.29, 1.82) is 0 Å². The first-order chi connectivity index (χ1) is 16.7. The number of ketones is 1. The molecule has 0 radical (unpaired) electrons. The minimum Gasteiger partial charge on any atom is -0.495 e. The lowest BCUT2D eigenvalue weighted by Crippen LogP contribution is -2.27. The molecule has 3 aromatic carbocycles. The molecule has 0 unspecified atom stereocenters. The Morgan fingerprint density at radius 1 is 0.771 bits per heavy atom. The van der Waals surface area contributed by atoms with E-state index in [0.717, 1.165) is 4.31 Å². The quantitative estimate of drug-likeness (QED) is 0.308. The summed E-state index contributed by atoms with van der Waals surface area (Å²) in [6, 6.07) is 16.6. The second kappa shape index (κ2) is 10.9. The summed E-state index contributed by atoms with van der Waals surface area (Å²) in [7, 11) is 1.88. The molecule has 0 bridgehead atoms. The summed E-state index contributed by atoms with van der Waals surface area (Å²) in [6.07, 6.45) is 0. The highest BCUT2D eigenvalue weighted by molar-refractivity contribution is 7.92. The number of sulfonamides is 1. The van der Waals surface area contributed by atoms with Gasteiger partial charge in [0.2, 0.25) is 0 Å². The standard InChI is InChI=1S/C25H25NO8S/c1-26(20-7-5-6-8-22(20)31-2)35(29,30)19-12-9-17(10-13-19)25(28)34-16-21(27)18-11-14-23(32-3)24(15-18)33-4/h5-15H,16H2,1-4H3. The van der Waals surface area contributed by atoms with Crippen LogP contribution in [-0.2, 0) is 14.8 Å². The molecule has 0 aliphatic heterocycles. The van der Waals surface area contributed by atoms with Gasteiger partial charge >= 0.3 is 5.97 Å². The van der Waals surface area contributed by atoms with Gasteiger partial charge in [-0.25, -0.2) is 13.2 Å². The van der Waals surface area contributed by atoms with Gasteiger partial charge in [0.05, 0.1) is 37.5 Å². The lowest BCUT2D eigenvalue weighted by molar-refractivity contribution is 0.0474. The van der Waals surface area contributed by atoms with Crippen LogP contribution in [0.25, 0.3) is 0 Å². The normalized spacial score (nSPS) is 10.9. The molecule has 0 fully saturated rings. The largest absolute Gasteiger partial charge is 0.495 e. The highest BCUT2D eigenvalue weighted by Crippen LogP contribution is 2.31. The number of methoxy groups -OCH3 is 3. The molecule has 0 saturated carbocycles. The Morgan fingerprint density at radius 3 is 2.00 bits per heavy atom. The topological polar surface area (TPSA) is 108 Å². The van der Waals surface area contributed by atoms with Crippen molar-refractivity contribution >= 4 is 27.5 Å². The molecule has 0 atom stereocenters. The number of benzene rings is 3. The number of para-hydroxylation sites is 2. The number of ether oxygens (including phenoxy) is 4. The predicted octanol–water partition coefficient (Wildman–Crippen LogP) is 3.58. The van der Waals surface area contributed by atoms with Crippen molar-refractivity contribution in [1.82, 2.24) is 0 Å². The van der Waals surface area contributed by atoms with Crippen molar-refractivity contribution in [2.24, 2.45) is 0 Å². The molecule has 10 heteroatoms. The van der Waals surface area contributed by atoms with Gasteiger partial charge < -0.3 is 18.9 Å². The van der Waals surface area contributed by atoms with Gasteiger partial charge in [0.15, 0.2) is 23.9 Å². The van der Waals surface area contributed by atoms with Crippen LogP contribution >= 0.6 is 0 Å². The summed E-state index contributed by atoms with van der Waals surface area (Å²) in [4.78, 5) is 24.8. The van der Waals surface area contributed by atoms with Crippen molar-refractivity contribution in [2.75, 3.05) is 39.3 Å². The molecule has 0 N–H and O–H groups in total. The van der Waals surface area contributed by atoms with Crippen LogP contribution < -0.4 is 18.5 Å². The van der Waals surface area contributed by atoms with Crippen molar-refractivity contribution < 1.29 is 37.0 Å². The lowest BCUT2D eigenvalue weighted by Gasteiger charge is -2.21. The third kappa shape index (κ3) is 5.55. The Labute approximate surface area is 203 Å². The third-order valence-corrected chi connectivity index (χ3v) is 7.00. The Morgan fingerprint density at radius 2 is 1.37 bits per heavy atom. The van der Waals surface area contributed by atoms with E-state index in [1.807, 2.05) is 0 Å². The maximum Gasteiger partial charge on any atom is 0.338 e. The van der Waals surface area contributed by atoms with Crippen LogP contribution in [0.1, 0.15) is 20.7 Å². The number of anilines is 1. The summed E-state index contributed by atoms with van der Waals surface area (Å²) < 4.78 is 47.8. The van der Waals surface area contributed by atoms with E-state index in [2.05, 4.69) is 0 Å². The molecule has 9 nitrogen and oxygen atoms in total. The molecule has 0 saturated heterocycles. The number of esters is 1. The fourth-order valence-corrected chi connectivity index (χ4v) is 4.45. The minimum absolute atomic E-state index is 0.0242. The van der Waals surface area contributed by atoms with Gasteiger partial charge in [-0.3, -0.25) is 9.10 Å². The zero-order valence-corrected chi connectivity index (χ0v) is 20.5. The van der Waals surface area contributed by atoms with E-state index < -0.39 is 28.4 Å². The van der Waals surface area contributed by atoms with Crippen LogP contribution in [0.4, 0.5) is 5.69 Å². The Kier molecular flexibility index (Phi) is 7.98. The van der Waals surface area contributed by atoms with Crippen molar-refractivity contribution in [2.45, 2.75) is 4.90 Å². The molecule has 0 aliphatic carbocycles. The van der Waals surface area contributed by atoms with Gasteiger partial charge in [-0.05, 0) is 54.6 Å². The van der Waals surface area contributed by atoms with Crippen LogP contribution in [0.3, 0.4) is 0 Å². The van der Waals surface area contributed by atoms with E-state index in [1.54, 1.807) is 30.3 Å². The summed E-state index contributed by atoms with van der Waals surface area (Å²) in [6.45, 7) is -0.495. The number of carbonyl (C=O) groups excluding carboxylic acids is 2. The molecule has 35 heavy (non-hydrogen) atoms. The third-order valence-electron chi connectivity index (χ3n) is 5.21. The molecular weight excluding hydrogens is 474 g/mol. The second-order valence-electron chi connectivity index (χ2n) is 7.24. The average Bonchev–Trinajstić information content (AvgIpc) is 2.90. The van der Waals surface area contributed by atoms with Gasteiger partial charge in [-0.1, -0.05) is 12.1 Å². The van der Waals surface area contributed by atoms with Crippen molar-refractivity contribution in [3.8, 4) is 17.2 Å². The van der Waals surface area contributed by atoms with E-state index in [9.17, 15) is 18.0 Å². The van der Waals surface area contributed by atoms with E-state index >= 15 is 0 Å². The smallest absolute Gasteiger partial charge is 0.338 e. The molecule has 3 aromatic rings. The number of nitrogens with zero attached hydrogens (tertiary/aromatic N) is 1. The van der Waals surface area contributed by atoms with Gasteiger partial charge in [0, 0.05) is 12.6 Å². The summed E-state index contributed by atoms with van der Waals surface area (Å²) in [5.74, 6) is 0.0442. The molecule has 0 heterocycles. The number of carbonyl (C=O) groups is 2. The second-order valence-corrected chi connectivity index (χ2v) is 9.21. The van der Waals surface area contributed by atoms with Gasteiger partial charge in [-0.2, -0.15) is 0 Å². The van der Waals surface area contributed by atoms with Crippen molar-refractivity contribution in [3.05, 3.63) is 77.9 Å². The highest BCUT2D eigenvalue weighted by atomic mass is 32.2. The monoisotopic (exact) mass is 499 g/mol. The molecular formula is C25H25NO8S. The van der Waals surface area contributed by atoms with Gasteiger partial charge in [0.1, 0.15) is 5.75 Å². The number of hydrogen-bond acceptors (Lipinski definition) is 8. The average molecular weight is 500 g/mol. The predicted molar refractivity (Wildman–Crippen MR) is 129 cm³/mol. The fourth-order valence-electron chi connectivity index (χ4n) is 3.25. The molecule has 0 spiro atoms. The zero-order chi connectivity index (χ0) is 25.6. The maximum atomic E-state index is 13.0. The van der Waals surface area contributed by atoms with Crippen LogP contribution in [0.15, 0.2) is 71.6 Å². The zero-order valence-electron chi connectivity index (χ0n) is 19.7. The van der Waals surface area contributed by atoms with E-state index in [1.165, 1.54) is 64.8 Å².